The Hall–Kier alpha value is -2.63. The number of benzene rings is 1. The number of aromatic nitrogens is 2. The van der Waals surface area contributed by atoms with Crippen LogP contribution in [0.1, 0.15) is 28.9 Å². The molecule has 2 heterocycles. The van der Waals surface area contributed by atoms with Crippen LogP contribution >= 0.6 is 0 Å². The molecular formula is C17H20N4O2. The molecule has 120 valence electrons. The van der Waals surface area contributed by atoms with Gasteiger partial charge in [0.2, 0.25) is 0 Å². The molecule has 1 aliphatic heterocycles. The maximum atomic E-state index is 12.1. The zero-order chi connectivity index (χ0) is 16.1. The number of carbonyl (C=O) groups is 1. The Labute approximate surface area is 135 Å². The van der Waals surface area contributed by atoms with Gasteiger partial charge in [-0.3, -0.25) is 4.79 Å². The highest BCUT2D eigenvalue weighted by atomic mass is 16.5. The molecule has 1 fully saturated rings. The maximum Gasteiger partial charge on any atom is 0.272 e. The molecule has 0 aliphatic carbocycles. The third kappa shape index (κ3) is 3.77. The van der Waals surface area contributed by atoms with E-state index in [1.54, 1.807) is 13.2 Å². The minimum Gasteiger partial charge on any atom is -0.497 e. The molecule has 0 radical (unpaired) electrons. The number of anilines is 1. The molecule has 6 nitrogen and oxygen atoms in total. The van der Waals surface area contributed by atoms with Crippen molar-refractivity contribution in [2.24, 2.45) is 0 Å². The summed E-state index contributed by atoms with van der Waals surface area (Å²) in [6.45, 7) is 2.47. The number of hydrogen-bond acceptors (Lipinski definition) is 5. The van der Waals surface area contributed by atoms with Gasteiger partial charge in [-0.05, 0) is 42.7 Å². The average molecular weight is 312 g/mol. The van der Waals surface area contributed by atoms with E-state index >= 15 is 0 Å². The summed E-state index contributed by atoms with van der Waals surface area (Å²) in [6, 6.07) is 11.2. The van der Waals surface area contributed by atoms with Crippen LogP contribution in [-0.4, -0.2) is 36.3 Å². The quantitative estimate of drug-likeness (QED) is 0.915. The second-order valence-electron chi connectivity index (χ2n) is 5.50. The van der Waals surface area contributed by atoms with E-state index in [2.05, 4.69) is 20.4 Å². The van der Waals surface area contributed by atoms with Gasteiger partial charge in [0.05, 0.1) is 7.11 Å². The summed E-state index contributed by atoms with van der Waals surface area (Å²) >= 11 is 0. The highest BCUT2D eigenvalue weighted by molar-refractivity contribution is 5.92. The van der Waals surface area contributed by atoms with Crippen LogP contribution in [0.15, 0.2) is 36.4 Å². The van der Waals surface area contributed by atoms with Crippen molar-refractivity contribution < 1.29 is 9.53 Å². The molecule has 0 saturated carbocycles. The molecule has 1 saturated heterocycles. The number of nitrogens with zero attached hydrogens (tertiary/aromatic N) is 3. The maximum absolute atomic E-state index is 12.1. The predicted molar refractivity (Wildman–Crippen MR) is 87.6 cm³/mol. The predicted octanol–water partition coefficient (Wildman–Crippen LogP) is 2.02. The van der Waals surface area contributed by atoms with Crippen LogP contribution < -0.4 is 15.0 Å². The van der Waals surface area contributed by atoms with E-state index in [4.69, 9.17) is 4.74 Å². The summed E-state index contributed by atoms with van der Waals surface area (Å²) in [5.41, 5.74) is 1.34. The molecule has 0 spiro atoms. The number of methoxy groups -OCH3 is 1. The summed E-state index contributed by atoms with van der Waals surface area (Å²) < 4.78 is 5.11. The van der Waals surface area contributed by atoms with Crippen LogP contribution in [0.5, 0.6) is 5.75 Å². The molecule has 6 heteroatoms. The molecule has 1 aromatic carbocycles. The lowest BCUT2D eigenvalue weighted by molar-refractivity contribution is 0.0945. The largest absolute Gasteiger partial charge is 0.497 e. The molecule has 0 unspecified atom stereocenters. The summed E-state index contributed by atoms with van der Waals surface area (Å²) in [5, 5.41) is 11.0. The van der Waals surface area contributed by atoms with Crippen molar-refractivity contribution in [2.45, 2.75) is 19.4 Å². The average Bonchev–Trinajstić information content (AvgIpc) is 3.15. The SMILES string of the molecule is COc1ccc(CNC(=O)c2ccc(N3CCCC3)nn2)cc1. The van der Waals surface area contributed by atoms with Gasteiger partial charge in [0.1, 0.15) is 5.75 Å². The number of amides is 1. The van der Waals surface area contributed by atoms with Gasteiger partial charge in [-0.25, -0.2) is 0 Å². The molecular weight excluding hydrogens is 292 g/mol. The third-order valence-electron chi connectivity index (χ3n) is 3.93. The summed E-state index contributed by atoms with van der Waals surface area (Å²) in [5.74, 6) is 1.42. The smallest absolute Gasteiger partial charge is 0.272 e. The Morgan fingerprint density at radius 3 is 2.48 bits per heavy atom. The molecule has 1 amide bonds. The van der Waals surface area contributed by atoms with Gasteiger partial charge >= 0.3 is 0 Å². The number of nitrogens with one attached hydrogen (secondary N) is 1. The normalized spacial score (nSPS) is 13.9. The van der Waals surface area contributed by atoms with Gasteiger partial charge in [-0.2, -0.15) is 0 Å². The van der Waals surface area contributed by atoms with Gasteiger partial charge in [-0.15, -0.1) is 10.2 Å². The Morgan fingerprint density at radius 2 is 1.87 bits per heavy atom. The fourth-order valence-corrected chi connectivity index (χ4v) is 2.58. The second-order valence-corrected chi connectivity index (χ2v) is 5.50. The zero-order valence-corrected chi connectivity index (χ0v) is 13.2. The van der Waals surface area contributed by atoms with Crippen molar-refractivity contribution in [1.82, 2.24) is 15.5 Å². The van der Waals surface area contributed by atoms with E-state index in [1.165, 1.54) is 12.8 Å². The molecule has 3 rings (SSSR count). The second kappa shape index (κ2) is 7.09. The first-order valence-electron chi connectivity index (χ1n) is 7.76. The lowest BCUT2D eigenvalue weighted by Gasteiger charge is -2.15. The van der Waals surface area contributed by atoms with Gasteiger partial charge in [0.25, 0.3) is 5.91 Å². The Bertz CT molecular complexity index is 649. The van der Waals surface area contributed by atoms with E-state index in [-0.39, 0.29) is 5.91 Å². The van der Waals surface area contributed by atoms with Crippen LogP contribution in [-0.2, 0) is 6.54 Å². The molecule has 23 heavy (non-hydrogen) atoms. The van der Waals surface area contributed by atoms with E-state index < -0.39 is 0 Å². The lowest BCUT2D eigenvalue weighted by atomic mass is 10.2. The van der Waals surface area contributed by atoms with Gasteiger partial charge in [-0.1, -0.05) is 12.1 Å². The van der Waals surface area contributed by atoms with Crippen molar-refractivity contribution in [1.29, 1.82) is 0 Å². The monoisotopic (exact) mass is 312 g/mol. The van der Waals surface area contributed by atoms with E-state index in [0.29, 0.717) is 12.2 Å². The summed E-state index contributed by atoms with van der Waals surface area (Å²) in [7, 11) is 1.63. The fraction of sp³-hybridized carbons (Fsp3) is 0.353. The van der Waals surface area contributed by atoms with E-state index in [1.807, 2.05) is 30.3 Å². The van der Waals surface area contributed by atoms with Gasteiger partial charge < -0.3 is 15.0 Å². The van der Waals surface area contributed by atoms with Crippen molar-refractivity contribution in [3.63, 3.8) is 0 Å². The van der Waals surface area contributed by atoms with Crippen molar-refractivity contribution in [3.05, 3.63) is 47.7 Å². The zero-order valence-electron chi connectivity index (χ0n) is 13.2. The first-order chi connectivity index (χ1) is 11.3. The van der Waals surface area contributed by atoms with Crippen LogP contribution in [0, 0.1) is 0 Å². The third-order valence-corrected chi connectivity index (χ3v) is 3.93. The Kier molecular flexibility index (Phi) is 4.71. The van der Waals surface area contributed by atoms with Crippen LogP contribution in [0.25, 0.3) is 0 Å². The molecule has 1 aliphatic rings. The standard InChI is InChI=1S/C17H20N4O2/c1-23-14-6-4-13(5-7-14)12-18-17(22)15-8-9-16(20-19-15)21-10-2-3-11-21/h4-9H,2-3,10-12H2,1H3,(H,18,22). The first-order valence-corrected chi connectivity index (χ1v) is 7.76. The molecule has 2 aromatic rings. The Balaban J connectivity index is 1.56. The minimum absolute atomic E-state index is 0.221. The van der Waals surface area contributed by atoms with Crippen molar-refractivity contribution in [2.75, 3.05) is 25.1 Å². The molecule has 0 atom stereocenters. The van der Waals surface area contributed by atoms with Crippen LogP contribution in [0.3, 0.4) is 0 Å². The number of hydrogen-bond donors (Lipinski definition) is 1. The number of ether oxygens (including phenoxy) is 1. The van der Waals surface area contributed by atoms with Gasteiger partial charge in [0, 0.05) is 19.6 Å². The highest BCUT2D eigenvalue weighted by Crippen LogP contribution is 2.16. The summed E-state index contributed by atoms with van der Waals surface area (Å²) in [6.07, 6.45) is 2.37. The molecule has 1 N–H and O–H groups in total. The first kappa shape index (κ1) is 15.3. The number of carbonyl (C=O) groups excluding carboxylic acids is 1. The van der Waals surface area contributed by atoms with Crippen molar-refractivity contribution >= 4 is 11.7 Å². The van der Waals surface area contributed by atoms with Crippen LogP contribution in [0.2, 0.25) is 0 Å². The number of rotatable bonds is 5. The topological polar surface area (TPSA) is 67.3 Å². The van der Waals surface area contributed by atoms with Crippen LogP contribution in [0.4, 0.5) is 5.82 Å². The lowest BCUT2D eigenvalue weighted by Crippen LogP contribution is -2.25. The highest BCUT2D eigenvalue weighted by Gasteiger charge is 2.15. The summed E-state index contributed by atoms with van der Waals surface area (Å²) in [4.78, 5) is 14.3. The van der Waals surface area contributed by atoms with E-state index in [0.717, 1.165) is 30.2 Å². The molecule has 1 aromatic heterocycles. The Morgan fingerprint density at radius 1 is 1.13 bits per heavy atom. The van der Waals surface area contributed by atoms with E-state index in [9.17, 15) is 4.79 Å². The fourth-order valence-electron chi connectivity index (χ4n) is 2.58. The molecule has 0 bridgehead atoms. The van der Waals surface area contributed by atoms with Crippen molar-refractivity contribution in [3.8, 4) is 5.75 Å². The van der Waals surface area contributed by atoms with Gasteiger partial charge in [0.15, 0.2) is 11.5 Å². The minimum atomic E-state index is -0.221.